The van der Waals surface area contributed by atoms with Crippen molar-refractivity contribution >= 4 is 11.6 Å². The molecule has 0 aliphatic rings. The Morgan fingerprint density at radius 3 is 2.65 bits per heavy atom. The van der Waals surface area contributed by atoms with Gasteiger partial charge in [0.2, 0.25) is 0 Å². The SMILES string of the molecule is Cc1cc(OCC(=O)NCc2ccccc2)ccc1N. The second-order valence-corrected chi connectivity index (χ2v) is 4.57. The molecule has 0 bridgehead atoms. The lowest BCUT2D eigenvalue weighted by molar-refractivity contribution is -0.123. The molecule has 1 amide bonds. The summed E-state index contributed by atoms with van der Waals surface area (Å²) in [5, 5.41) is 2.81. The Morgan fingerprint density at radius 2 is 1.95 bits per heavy atom. The summed E-state index contributed by atoms with van der Waals surface area (Å²) in [5.41, 5.74) is 8.43. The van der Waals surface area contributed by atoms with Crippen molar-refractivity contribution in [3.8, 4) is 5.75 Å². The number of aryl methyl sites for hydroxylation is 1. The molecule has 4 heteroatoms. The van der Waals surface area contributed by atoms with Gasteiger partial charge in [-0.3, -0.25) is 4.79 Å². The third-order valence-electron chi connectivity index (χ3n) is 2.94. The molecule has 0 heterocycles. The minimum atomic E-state index is -0.150. The van der Waals surface area contributed by atoms with Crippen LogP contribution in [0.1, 0.15) is 11.1 Å². The molecule has 0 radical (unpaired) electrons. The van der Waals surface area contributed by atoms with Crippen LogP contribution in [0.2, 0.25) is 0 Å². The topological polar surface area (TPSA) is 64.3 Å². The van der Waals surface area contributed by atoms with Gasteiger partial charge in [0.05, 0.1) is 0 Å². The fourth-order valence-electron chi connectivity index (χ4n) is 1.73. The largest absolute Gasteiger partial charge is 0.484 e. The molecule has 3 N–H and O–H groups in total. The van der Waals surface area contributed by atoms with Gasteiger partial charge in [-0.05, 0) is 36.2 Å². The molecular formula is C16H18N2O2. The molecule has 0 aliphatic carbocycles. The molecule has 0 aromatic heterocycles. The number of hydrogen-bond donors (Lipinski definition) is 2. The highest BCUT2D eigenvalue weighted by Crippen LogP contribution is 2.18. The molecule has 0 atom stereocenters. The van der Waals surface area contributed by atoms with Crippen LogP contribution < -0.4 is 15.8 Å². The van der Waals surface area contributed by atoms with Crippen molar-refractivity contribution in [2.75, 3.05) is 12.3 Å². The van der Waals surface area contributed by atoms with Gasteiger partial charge in [0.15, 0.2) is 6.61 Å². The van der Waals surface area contributed by atoms with Gasteiger partial charge in [-0.2, -0.15) is 0 Å². The lowest BCUT2D eigenvalue weighted by Gasteiger charge is -2.09. The number of hydrogen-bond acceptors (Lipinski definition) is 3. The summed E-state index contributed by atoms with van der Waals surface area (Å²) in [5.74, 6) is 0.495. The van der Waals surface area contributed by atoms with E-state index in [4.69, 9.17) is 10.5 Å². The number of amides is 1. The van der Waals surface area contributed by atoms with E-state index in [2.05, 4.69) is 5.32 Å². The Labute approximate surface area is 118 Å². The van der Waals surface area contributed by atoms with E-state index in [1.54, 1.807) is 12.1 Å². The van der Waals surface area contributed by atoms with E-state index in [1.165, 1.54) is 0 Å². The molecule has 0 saturated carbocycles. The maximum absolute atomic E-state index is 11.7. The molecule has 104 valence electrons. The van der Waals surface area contributed by atoms with Crippen molar-refractivity contribution in [2.45, 2.75) is 13.5 Å². The third-order valence-corrected chi connectivity index (χ3v) is 2.94. The van der Waals surface area contributed by atoms with Crippen molar-refractivity contribution in [3.05, 3.63) is 59.7 Å². The Hall–Kier alpha value is -2.49. The van der Waals surface area contributed by atoms with Gasteiger partial charge in [-0.1, -0.05) is 30.3 Å². The zero-order chi connectivity index (χ0) is 14.4. The van der Waals surface area contributed by atoms with Crippen LogP contribution in [0.15, 0.2) is 48.5 Å². The van der Waals surface area contributed by atoms with Gasteiger partial charge >= 0.3 is 0 Å². The summed E-state index contributed by atoms with van der Waals surface area (Å²) in [7, 11) is 0. The van der Waals surface area contributed by atoms with Crippen LogP contribution in [0.4, 0.5) is 5.69 Å². The number of ether oxygens (including phenoxy) is 1. The summed E-state index contributed by atoms with van der Waals surface area (Å²) in [6, 6.07) is 15.1. The summed E-state index contributed by atoms with van der Waals surface area (Å²) in [6.45, 7) is 2.40. The maximum Gasteiger partial charge on any atom is 0.258 e. The van der Waals surface area contributed by atoms with E-state index in [9.17, 15) is 4.79 Å². The first-order valence-corrected chi connectivity index (χ1v) is 6.44. The van der Waals surface area contributed by atoms with Gasteiger partial charge in [-0.25, -0.2) is 0 Å². The van der Waals surface area contributed by atoms with Crippen molar-refractivity contribution in [3.63, 3.8) is 0 Å². The predicted octanol–water partition coefficient (Wildman–Crippen LogP) is 2.27. The van der Waals surface area contributed by atoms with E-state index >= 15 is 0 Å². The van der Waals surface area contributed by atoms with Crippen LogP contribution in [-0.2, 0) is 11.3 Å². The standard InChI is InChI=1S/C16H18N2O2/c1-12-9-14(7-8-15(12)17)20-11-16(19)18-10-13-5-3-2-4-6-13/h2-9H,10-11,17H2,1H3,(H,18,19). The maximum atomic E-state index is 11.7. The normalized spacial score (nSPS) is 10.1. The number of carbonyl (C=O) groups excluding carboxylic acids is 1. The molecule has 0 saturated heterocycles. The summed E-state index contributed by atoms with van der Waals surface area (Å²) in [4.78, 5) is 11.7. The molecule has 0 unspecified atom stereocenters. The van der Waals surface area contributed by atoms with Crippen molar-refractivity contribution in [1.29, 1.82) is 0 Å². The molecule has 2 rings (SSSR count). The van der Waals surface area contributed by atoms with E-state index < -0.39 is 0 Å². The fourth-order valence-corrected chi connectivity index (χ4v) is 1.73. The van der Waals surface area contributed by atoms with Crippen LogP contribution >= 0.6 is 0 Å². The number of rotatable bonds is 5. The Morgan fingerprint density at radius 1 is 1.20 bits per heavy atom. The smallest absolute Gasteiger partial charge is 0.258 e. The van der Waals surface area contributed by atoms with E-state index in [-0.39, 0.29) is 12.5 Å². The number of nitrogen functional groups attached to an aromatic ring is 1. The predicted molar refractivity (Wildman–Crippen MR) is 79.4 cm³/mol. The van der Waals surface area contributed by atoms with Crippen LogP contribution in [0.25, 0.3) is 0 Å². The van der Waals surface area contributed by atoms with Gasteiger partial charge in [-0.15, -0.1) is 0 Å². The van der Waals surface area contributed by atoms with Crippen LogP contribution in [0.3, 0.4) is 0 Å². The Balaban J connectivity index is 1.79. The average molecular weight is 270 g/mol. The lowest BCUT2D eigenvalue weighted by Crippen LogP contribution is -2.28. The summed E-state index contributed by atoms with van der Waals surface area (Å²) >= 11 is 0. The van der Waals surface area contributed by atoms with Crippen molar-refractivity contribution in [1.82, 2.24) is 5.32 Å². The van der Waals surface area contributed by atoms with Crippen molar-refractivity contribution < 1.29 is 9.53 Å². The number of carbonyl (C=O) groups is 1. The highest BCUT2D eigenvalue weighted by molar-refractivity contribution is 5.77. The highest BCUT2D eigenvalue weighted by Gasteiger charge is 2.03. The van der Waals surface area contributed by atoms with Gasteiger partial charge in [0.1, 0.15) is 5.75 Å². The minimum Gasteiger partial charge on any atom is -0.484 e. The molecule has 2 aromatic rings. The van der Waals surface area contributed by atoms with E-state index in [0.717, 1.165) is 11.1 Å². The first-order chi connectivity index (χ1) is 9.65. The summed E-state index contributed by atoms with van der Waals surface area (Å²) < 4.78 is 5.42. The monoisotopic (exact) mass is 270 g/mol. The summed E-state index contributed by atoms with van der Waals surface area (Å²) in [6.07, 6.45) is 0. The first-order valence-electron chi connectivity index (χ1n) is 6.44. The first kappa shape index (κ1) is 13.9. The molecular weight excluding hydrogens is 252 g/mol. The average Bonchev–Trinajstić information content (AvgIpc) is 2.47. The zero-order valence-corrected chi connectivity index (χ0v) is 11.4. The number of anilines is 1. The van der Waals surface area contributed by atoms with Gasteiger partial charge in [0.25, 0.3) is 5.91 Å². The second kappa shape index (κ2) is 6.61. The van der Waals surface area contributed by atoms with Crippen molar-refractivity contribution in [2.24, 2.45) is 0 Å². The Bertz CT molecular complexity index is 582. The van der Waals surface area contributed by atoms with Gasteiger partial charge in [0, 0.05) is 12.2 Å². The number of benzene rings is 2. The fraction of sp³-hybridized carbons (Fsp3) is 0.188. The Kier molecular flexibility index (Phi) is 4.60. The number of nitrogens with one attached hydrogen (secondary N) is 1. The molecule has 0 fully saturated rings. The third kappa shape index (κ3) is 4.02. The number of nitrogens with two attached hydrogens (primary N) is 1. The zero-order valence-electron chi connectivity index (χ0n) is 11.4. The van der Waals surface area contributed by atoms with Crippen LogP contribution in [0.5, 0.6) is 5.75 Å². The second-order valence-electron chi connectivity index (χ2n) is 4.57. The van der Waals surface area contributed by atoms with Crippen LogP contribution in [0, 0.1) is 6.92 Å². The molecule has 0 aliphatic heterocycles. The van der Waals surface area contributed by atoms with Crippen LogP contribution in [-0.4, -0.2) is 12.5 Å². The lowest BCUT2D eigenvalue weighted by atomic mass is 10.2. The minimum absolute atomic E-state index is 0.00378. The molecule has 4 nitrogen and oxygen atoms in total. The molecule has 0 spiro atoms. The molecule has 2 aromatic carbocycles. The van der Waals surface area contributed by atoms with E-state index in [0.29, 0.717) is 18.0 Å². The highest BCUT2D eigenvalue weighted by atomic mass is 16.5. The molecule has 20 heavy (non-hydrogen) atoms. The quantitative estimate of drug-likeness (QED) is 0.819. The van der Waals surface area contributed by atoms with E-state index in [1.807, 2.05) is 43.3 Å². The van der Waals surface area contributed by atoms with Gasteiger partial charge < -0.3 is 15.8 Å².